The van der Waals surface area contributed by atoms with E-state index in [2.05, 4.69) is 17.1 Å². The van der Waals surface area contributed by atoms with Crippen molar-refractivity contribution in [1.29, 1.82) is 0 Å². The van der Waals surface area contributed by atoms with Gasteiger partial charge in [0.25, 0.3) is 5.56 Å². The molecule has 1 unspecified atom stereocenters. The van der Waals surface area contributed by atoms with Crippen LogP contribution >= 0.6 is 0 Å². The lowest BCUT2D eigenvalue weighted by atomic mass is 10.2. The largest absolute Gasteiger partial charge is 0.314 e. The van der Waals surface area contributed by atoms with Crippen LogP contribution in [-0.2, 0) is 0 Å². The van der Waals surface area contributed by atoms with Crippen LogP contribution in [0.25, 0.3) is 0 Å². The summed E-state index contributed by atoms with van der Waals surface area (Å²) in [6, 6.07) is 3.76. The van der Waals surface area contributed by atoms with Crippen LogP contribution in [0.1, 0.15) is 18.5 Å². The van der Waals surface area contributed by atoms with Crippen LogP contribution in [0.4, 0.5) is 0 Å². The standard InChI is InChI=1S/C13H21N3O/c1-11-3-4-13(17)16(9-11)12(2)10-15-7-5-14-6-8-15/h3-4,9,12,14H,5-8,10H2,1-2H3. The molecular weight excluding hydrogens is 214 g/mol. The molecule has 1 N–H and O–H groups in total. The lowest BCUT2D eigenvalue weighted by Gasteiger charge is -2.30. The monoisotopic (exact) mass is 235 g/mol. The van der Waals surface area contributed by atoms with Crippen molar-refractivity contribution in [2.24, 2.45) is 0 Å². The van der Waals surface area contributed by atoms with E-state index < -0.39 is 0 Å². The average molecular weight is 235 g/mol. The second-order valence-corrected chi connectivity index (χ2v) is 4.85. The molecule has 0 aliphatic carbocycles. The fraction of sp³-hybridized carbons (Fsp3) is 0.615. The molecule has 0 radical (unpaired) electrons. The molecule has 1 aliphatic rings. The molecule has 4 nitrogen and oxygen atoms in total. The third-order valence-corrected chi connectivity index (χ3v) is 3.29. The molecule has 2 rings (SSSR count). The van der Waals surface area contributed by atoms with Crippen molar-refractivity contribution in [2.45, 2.75) is 19.9 Å². The van der Waals surface area contributed by atoms with Crippen molar-refractivity contribution in [1.82, 2.24) is 14.8 Å². The van der Waals surface area contributed by atoms with E-state index >= 15 is 0 Å². The van der Waals surface area contributed by atoms with Crippen LogP contribution < -0.4 is 10.9 Å². The summed E-state index contributed by atoms with van der Waals surface area (Å²) in [5.41, 5.74) is 1.23. The Morgan fingerprint density at radius 1 is 1.35 bits per heavy atom. The molecule has 1 fully saturated rings. The molecule has 1 saturated heterocycles. The number of piperazine rings is 1. The molecule has 0 spiro atoms. The minimum atomic E-state index is 0.0956. The number of nitrogens with zero attached hydrogens (tertiary/aromatic N) is 2. The molecule has 1 aromatic rings. The molecule has 17 heavy (non-hydrogen) atoms. The van der Waals surface area contributed by atoms with Crippen molar-refractivity contribution in [3.63, 3.8) is 0 Å². The zero-order valence-corrected chi connectivity index (χ0v) is 10.6. The highest BCUT2D eigenvalue weighted by molar-refractivity contribution is 5.08. The first kappa shape index (κ1) is 12.3. The van der Waals surface area contributed by atoms with Crippen LogP contribution in [0, 0.1) is 6.92 Å². The molecule has 0 amide bonds. The van der Waals surface area contributed by atoms with Gasteiger partial charge in [0.15, 0.2) is 0 Å². The first-order valence-electron chi connectivity index (χ1n) is 6.28. The van der Waals surface area contributed by atoms with Crippen LogP contribution in [0.15, 0.2) is 23.1 Å². The fourth-order valence-electron chi connectivity index (χ4n) is 2.31. The van der Waals surface area contributed by atoms with E-state index in [1.807, 2.05) is 23.8 Å². The second-order valence-electron chi connectivity index (χ2n) is 4.85. The maximum Gasteiger partial charge on any atom is 0.250 e. The van der Waals surface area contributed by atoms with E-state index in [9.17, 15) is 4.79 Å². The maximum atomic E-state index is 11.8. The SMILES string of the molecule is Cc1ccc(=O)n(C(C)CN2CCNCC2)c1. The predicted octanol–water partition coefficient (Wildman–Crippen LogP) is 0.623. The quantitative estimate of drug-likeness (QED) is 0.834. The van der Waals surface area contributed by atoms with E-state index in [1.54, 1.807) is 6.07 Å². The van der Waals surface area contributed by atoms with Crippen molar-refractivity contribution >= 4 is 0 Å². The Morgan fingerprint density at radius 2 is 2.06 bits per heavy atom. The van der Waals surface area contributed by atoms with Crippen molar-refractivity contribution in [3.8, 4) is 0 Å². The van der Waals surface area contributed by atoms with E-state index in [-0.39, 0.29) is 11.6 Å². The lowest BCUT2D eigenvalue weighted by molar-refractivity contribution is 0.211. The average Bonchev–Trinajstić information content (AvgIpc) is 2.33. The zero-order chi connectivity index (χ0) is 12.3. The van der Waals surface area contributed by atoms with Gasteiger partial charge in [-0.3, -0.25) is 9.69 Å². The van der Waals surface area contributed by atoms with Crippen molar-refractivity contribution < 1.29 is 0 Å². The Labute approximate surface area is 102 Å². The van der Waals surface area contributed by atoms with E-state index in [0.29, 0.717) is 0 Å². The molecule has 94 valence electrons. The topological polar surface area (TPSA) is 37.3 Å². The molecule has 1 atom stereocenters. The Morgan fingerprint density at radius 3 is 2.76 bits per heavy atom. The van der Waals surface area contributed by atoms with Crippen molar-refractivity contribution in [2.75, 3.05) is 32.7 Å². The smallest absolute Gasteiger partial charge is 0.250 e. The summed E-state index contributed by atoms with van der Waals surface area (Å²) in [6.07, 6.45) is 1.95. The number of nitrogens with one attached hydrogen (secondary N) is 1. The van der Waals surface area contributed by atoms with Crippen LogP contribution in [-0.4, -0.2) is 42.2 Å². The van der Waals surface area contributed by atoms with Gasteiger partial charge < -0.3 is 9.88 Å². The van der Waals surface area contributed by atoms with Gasteiger partial charge in [0.2, 0.25) is 0 Å². The van der Waals surface area contributed by atoms with Crippen LogP contribution in [0.3, 0.4) is 0 Å². The summed E-state index contributed by atoms with van der Waals surface area (Å²) in [7, 11) is 0. The van der Waals surface area contributed by atoms with Gasteiger partial charge in [-0.2, -0.15) is 0 Å². The Bertz CT molecular complexity index is 421. The third-order valence-electron chi connectivity index (χ3n) is 3.29. The van der Waals surface area contributed by atoms with Gasteiger partial charge in [-0.05, 0) is 19.4 Å². The van der Waals surface area contributed by atoms with Gasteiger partial charge in [0, 0.05) is 51.0 Å². The molecule has 1 aromatic heterocycles. The fourth-order valence-corrected chi connectivity index (χ4v) is 2.31. The van der Waals surface area contributed by atoms with Gasteiger partial charge in [-0.1, -0.05) is 6.07 Å². The molecule has 1 aliphatic heterocycles. The van der Waals surface area contributed by atoms with E-state index in [1.165, 1.54) is 0 Å². The van der Waals surface area contributed by atoms with Crippen molar-refractivity contribution in [3.05, 3.63) is 34.2 Å². The number of pyridine rings is 1. The highest BCUT2D eigenvalue weighted by atomic mass is 16.1. The first-order chi connectivity index (χ1) is 8.16. The molecule has 0 saturated carbocycles. The number of hydrogen-bond acceptors (Lipinski definition) is 3. The van der Waals surface area contributed by atoms with Crippen LogP contribution in [0.5, 0.6) is 0 Å². The van der Waals surface area contributed by atoms with Gasteiger partial charge in [0.05, 0.1) is 0 Å². The lowest BCUT2D eigenvalue weighted by Crippen LogP contribution is -2.45. The summed E-state index contributed by atoms with van der Waals surface area (Å²) < 4.78 is 1.84. The summed E-state index contributed by atoms with van der Waals surface area (Å²) in [5, 5.41) is 3.34. The highest BCUT2D eigenvalue weighted by Gasteiger charge is 2.14. The minimum Gasteiger partial charge on any atom is -0.314 e. The minimum absolute atomic E-state index is 0.0956. The Kier molecular flexibility index (Phi) is 3.97. The molecular formula is C13H21N3O. The normalized spacial score (nSPS) is 19.2. The van der Waals surface area contributed by atoms with Gasteiger partial charge in [-0.25, -0.2) is 0 Å². The number of aromatic nitrogens is 1. The Hall–Kier alpha value is -1.13. The molecule has 0 aromatic carbocycles. The molecule has 2 heterocycles. The highest BCUT2D eigenvalue weighted by Crippen LogP contribution is 2.07. The van der Waals surface area contributed by atoms with E-state index in [4.69, 9.17) is 0 Å². The summed E-state index contributed by atoms with van der Waals surface area (Å²) in [4.78, 5) is 14.2. The number of rotatable bonds is 3. The number of hydrogen-bond donors (Lipinski definition) is 1. The van der Waals surface area contributed by atoms with Gasteiger partial charge in [0.1, 0.15) is 0 Å². The van der Waals surface area contributed by atoms with E-state index in [0.717, 1.165) is 38.3 Å². The summed E-state index contributed by atoms with van der Waals surface area (Å²) >= 11 is 0. The maximum absolute atomic E-state index is 11.8. The van der Waals surface area contributed by atoms with Gasteiger partial charge in [-0.15, -0.1) is 0 Å². The molecule has 0 bridgehead atoms. The number of aryl methyl sites for hydroxylation is 1. The predicted molar refractivity (Wildman–Crippen MR) is 69.5 cm³/mol. The summed E-state index contributed by atoms with van der Waals surface area (Å²) in [5.74, 6) is 0. The zero-order valence-electron chi connectivity index (χ0n) is 10.6. The third kappa shape index (κ3) is 3.17. The second kappa shape index (κ2) is 5.47. The summed E-state index contributed by atoms with van der Waals surface area (Å²) in [6.45, 7) is 9.34. The Balaban J connectivity index is 2.05. The first-order valence-corrected chi connectivity index (χ1v) is 6.28. The van der Waals surface area contributed by atoms with Crippen LogP contribution in [0.2, 0.25) is 0 Å². The molecule has 4 heteroatoms. The van der Waals surface area contributed by atoms with Gasteiger partial charge >= 0.3 is 0 Å².